The van der Waals surface area contributed by atoms with Gasteiger partial charge < -0.3 is 19.9 Å². The van der Waals surface area contributed by atoms with Gasteiger partial charge in [0.2, 0.25) is 0 Å². The van der Waals surface area contributed by atoms with Crippen LogP contribution in [0.25, 0.3) is 0 Å². The van der Waals surface area contributed by atoms with Crippen LogP contribution < -0.4 is 10.1 Å². The van der Waals surface area contributed by atoms with Gasteiger partial charge in [-0.1, -0.05) is 0 Å². The molecule has 6 nitrogen and oxygen atoms in total. The molecular weight excluding hydrogens is 281 g/mol. The summed E-state index contributed by atoms with van der Waals surface area (Å²) in [5, 5.41) is 11.7. The van der Waals surface area contributed by atoms with Crippen LogP contribution in [0.5, 0.6) is 5.75 Å². The van der Waals surface area contributed by atoms with Crippen LogP contribution >= 0.6 is 0 Å². The van der Waals surface area contributed by atoms with E-state index in [4.69, 9.17) is 9.47 Å². The van der Waals surface area contributed by atoms with Crippen molar-refractivity contribution in [1.82, 2.24) is 5.32 Å². The topological polar surface area (TPSA) is 84.9 Å². The first-order chi connectivity index (χ1) is 9.88. The van der Waals surface area contributed by atoms with Crippen molar-refractivity contribution in [1.29, 1.82) is 0 Å². The molecule has 1 saturated heterocycles. The Balaban J connectivity index is 2.16. The number of amides is 1. The Kier molecular flexibility index (Phi) is 4.13. The Morgan fingerprint density at radius 1 is 1.52 bits per heavy atom. The van der Waals surface area contributed by atoms with Gasteiger partial charge in [0.25, 0.3) is 5.91 Å². The minimum atomic E-state index is -1.22. The van der Waals surface area contributed by atoms with E-state index in [0.717, 1.165) is 6.07 Å². The fourth-order valence-corrected chi connectivity index (χ4v) is 2.13. The third-order valence-corrected chi connectivity index (χ3v) is 3.67. The fourth-order valence-electron chi connectivity index (χ4n) is 2.13. The predicted molar refractivity (Wildman–Crippen MR) is 70.8 cm³/mol. The smallest absolute Gasteiger partial charge is 0.313 e. The average Bonchev–Trinajstić information content (AvgIpc) is 2.81. The molecule has 1 fully saturated rings. The maximum Gasteiger partial charge on any atom is 0.313 e. The van der Waals surface area contributed by atoms with E-state index < -0.39 is 29.2 Å². The Hall–Kier alpha value is -2.15. The van der Waals surface area contributed by atoms with Crippen LogP contribution in [0.1, 0.15) is 17.3 Å². The number of carboxylic acids is 1. The number of aliphatic carboxylic acids is 1. The SMILES string of the molecule is COc1ccc(C(=O)NC2COCC2(C)C(=O)O)c(F)c1. The number of ether oxygens (including phenoxy) is 2. The van der Waals surface area contributed by atoms with Crippen molar-refractivity contribution in [2.24, 2.45) is 5.41 Å². The summed E-state index contributed by atoms with van der Waals surface area (Å²) in [6.45, 7) is 1.56. The monoisotopic (exact) mass is 297 g/mol. The zero-order valence-electron chi connectivity index (χ0n) is 11.7. The second kappa shape index (κ2) is 5.69. The number of benzene rings is 1. The maximum absolute atomic E-state index is 13.8. The van der Waals surface area contributed by atoms with Gasteiger partial charge in [0.1, 0.15) is 17.0 Å². The normalized spacial score (nSPS) is 24.6. The molecule has 0 saturated carbocycles. The molecule has 0 bridgehead atoms. The van der Waals surface area contributed by atoms with E-state index in [1.54, 1.807) is 0 Å². The highest BCUT2D eigenvalue weighted by atomic mass is 19.1. The lowest BCUT2D eigenvalue weighted by molar-refractivity contribution is -0.148. The lowest BCUT2D eigenvalue weighted by atomic mass is 9.85. The zero-order valence-corrected chi connectivity index (χ0v) is 11.7. The molecular formula is C14H16FNO5. The van der Waals surface area contributed by atoms with Gasteiger partial charge >= 0.3 is 5.97 Å². The second-order valence-electron chi connectivity index (χ2n) is 5.11. The molecule has 1 aliphatic heterocycles. The van der Waals surface area contributed by atoms with Crippen molar-refractivity contribution >= 4 is 11.9 Å². The lowest BCUT2D eigenvalue weighted by Crippen LogP contribution is -2.49. The van der Waals surface area contributed by atoms with Crippen LogP contribution in [0.3, 0.4) is 0 Å². The standard InChI is InChI=1S/C14H16FNO5/c1-14(13(18)19)7-21-6-11(14)16-12(17)9-4-3-8(20-2)5-10(9)15/h3-5,11H,6-7H2,1-2H3,(H,16,17)(H,18,19). The summed E-state index contributed by atoms with van der Waals surface area (Å²) in [6.07, 6.45) is 0. The molecule has 2 rings (SSSR count). The van der Waals surface area contributed by atoms with E-state index in [2.05, 4.69) is 5.32 Å². The summed E-state index contributed by atoms with van der Waals surface area (Å²) >= 11 is 0. The summed E-state index contributed by atoms with van der Waals surface area (Å²) in [4.78, 5) is 23.4. The number of methoxy groups -OCH3 is 1. The molecule has 2 unspecified atom stereocenters. The van der Waals surface area contributed by atoms with Crippen LogP contribution in [0.15, 0.2) is 18.2 Å². The highest BCUT2D eigenvalue weighted by Crippen LogP contribution is 2.29. The number of carboxylic acid groups (broad SMARTS) is 1. The van der Waals surface area contributed by atoms with Gasteiger partial charge in [0, 0.05) is 6.07 Å². The first kappa shape index (κ1) is 15.2. The lowest BCUT2D eigenvalue weighted by Gasteiger charge is -2.25. The van der Waals surface area contributed by atoms with Crippen molar-refractivity contribution in [3.63, 3.8) is 0 Å². The molecule has 0 aromatic heterocycles. The van der Waals surface area contributed by atoms with Gasteiger partial charge in [-0.15, -0.1) is 0 Å². The Bertz CT molecular complexity index is 576. The number of halogens is 1. The van der Waals surface area contributed by atoms with Gasteiger partial charge in [0.15, 0.2) is 0 Å². The fraction of sp³-hybridized carbons (Fsp3) is 0.429. The molecule has 0 spiro atoms. The molecule has 7 heteroatoms. The first-order valence-electron chi connectivity index (χ1n) is 6.34. The van der Waals surface area contributed by atoms with Crippen LogP contribution in [0, 0.1) is 11.2 Å². The van der Waals surface area contributed by atoms with Crippen LogP contribution in [0.2, 0.25) is 0 Å². The number of carbonyl (C=O) groups excluding carboxylic acids is 1. The maximum atomic E-state index is 13.8. The Labute approximate surface area is 120 Å². The van der Waals surface area contributed by atoms with Crippen LogP contribution in [-0.2, 0) is 9.53 Å². The molecule has 1 heterocycles. The predicted octanol–water partition coefficient (Wildman–Crippen LogP) is 1.05. The molecule has 0 radical (unpaired) electrons. The van der Waals surface area contributed by atoms with Crippen LogP contribution in [0.4, 0.5) is 4.39 Å². The largest absolute Gasteiger partial charge is 0.497 e. The molecule has 1 amide bonds. The summed E-state index contributed by atoms with van der Waals surface area (Å²) in [6, 6.07) is 3.12. The van der Waals surface area contributed by atoms with Crippen molar-refractivity contribution in [2.75, 3.05) is 20.3 Å². The van der Waals surface area contributed by atoms with E-state index in [9.17, 15) is 19.1 Å². The summed E-state index contributed by atoms with van der Waals surface area (Å²) in [5.41, 5.74) is -1.39. The van der Waals surface area contributed by atoms with E-state index >= 15 is 0 Å². The third-order valence-electron chi connectivity index (χ3n) is 3.67. The molecule has 0 aliphatic carbocycles. The van der Waals surface area contributed by atoms with Gasteiger partial charge in [-0.2, -0.15) is 0 Å². The van der Waals surface area contributed by atoms with E-state index in [0.29, 0.717) is 5.75 Å². The number of nitrogens with one attached hydrogen (secondary N) is 1. The minimum absolute atomic E-state index is 0.00161. The highest BCUT2D eigenvalue weighted by Gasteiger charge is 2.47. The molecule has 21 heavy (non-hydrogen) atoms. The van der Waals surface area contributed by atoms with Gasteiger partial charge in [-0.25, -0.2) is 4.39 Å². The van der Waals surface area contributed by atoms with Gasteiger partial charge in [0.05, 0.1) is 31.9 Å². The van der Waals surface area contributed by atoms with Crippen molar-refractivity contribution < 1.29 is 28.6 Å². The van der Waals surface area contributed by atoms with E-state index in [1.807, 2.05) is 0 Å². The van der Waals surface area contributed by atoms with Crippen molar-refractivity contribution in [2.45, 2.75) is 13.0 Å². The molecule has 1 aromatic rings. The Morgan fingerprint density at radius 3 is 2.81 bits per heavy atom. The molecule has 1 aromatic carbocycles. The van der Waals surface area contributed by atoms with Crippen LogP contribution in [-0.4, -0.2) is 43.3 Å². The minimum Gasteiger partial charge on any atom is -0.497 e. The zero-order chi connectivity index (χ0) is 15.6. The van der Waals surface area contributed by atoms with Gasteiger partial charge in [-0.3, -0.25) is 9.59 Å². The second-order valence-corrected chi connectivity index (χ2v) is 5.11. The Morgan fingerprint density at radius 2 is 2.24 bits per heavy atom. The van der Waals surface area contributed by atoms with Crippen molar-refractivity contribution in [3.8, 4) is 5.75 Å². The number of carbonyl (C=O) groups is 2. The molecule has 2 atom stereocenters. The van der Waals surface area contributed by atoms with Crippen molar-refractivity contribution in [3.05, 3.63) is 29.6 Å². The summed E-state index contributed by atoms with van der Waals surface area (Å²) < 4.78 is 23.8. The third kappa shape index (κ3) is 2.82. The average molecular weight is 297 g/mol. The number of rotatable bonds is 4. The number of hydrogen-bond acceptors (Lipinski definition) is 4. The molecule has 2 N–H and O–H groups in total. The molecule has 114 valence electrons. The van der Waals surface area contributed by atoms with E-state index in [1.165, 1.54) is 26.2 Å². The number of hydrogen-bond donors (Lipinski definition) is 2. The highest BCUT2D eigenvalue weighted by molar-refractivity contribution is 5.95. The molecule has 1 aliphatic rings. The van der Waals surface area contributed by atoms with Gasteiger partial charge in [-0.05, 0) is 19.1 Å². The first-order valence-corrected chi connectivity index (χ1v) is 6.34. The quantitative estimate of drug-likeness (QED) is 0.868. The summed E-state index contributed by atoms with van der Waals surface area (Å²) in [7, 11) is 1.39. The van der Waals surface area contributed by atoms with E-state index in [-0.39, 0.29) is 18.8 Å². The summed E-state index contributed by atoms with van der Waals surface area (Å²) in [5.74, 6) is -2.19.